The Labute approximate surface area is 181 Å². The van der Waals surface area contributed by atoms with E-state index in [0.29, 0.717) is 22.6 Å². The average Bonchev–Trinajstić information content (AvgIpc) is 2.74. The van der Waals surface area contributed by atoms with Crippen LogP contribution in [0.3, 0.4) is 0 Å². The molecule has 3 atom stereocenters. The molecular formula is C23H27FN6O. The Morgan fingerprint density at radius 2 is 2.19 bits per heavy atom. The van der Waals surface area contributed by atoms with Gasteiger partial charge >= 0.3 is 0 Å². The second kappa shape index (κ2) is 10.1. The summed E-state index contributed by atoms with van der Waals surface area (Å²) in [6.07, 6.45) is 6.34. The molecule has 3 rings (SSSR count). The number of benzene rings is 1. The van der Waals surface area contributed by atoms with E-state index >= 15 is 0 Å². The van der Waals surface area contributed by atoms with E-state index in [4.69, 9.17) is 0 Å². The van der Waals surface area contributed by atoms with Gasteiger partial charge in [0.25, 0.3) is 0 Å². The van der Waals surface area contributed by atoms with Crippen molar-refractivity contribution in [1.29, 1.82) is 0 Å². The molecule has 0 bridgehead atoms. The molecule has 2 aromatic rings. The highest BCUT2D eigenvalue weighted by Crippen LogP contribution is 2.28. The van der Waals surface area contributed by atoms with Gasteiger partial charge in [-0.05, 0) is 38.5 Å². The minimum Gasteiger partial charge on any atom is -0.379 e. The maximum Gasteiger partial charge on any atom is 0.175 e. The predicted octanol–water partition coefficient (Wildman–Crippen LogP) is 3.47. The van der Waals surface area contributed by atoms with Crippen LogP contribution < -0.4 is 16.0 Å². The molecule has 0 saturated heterocycles. The zero-order valence-corrected chi connectivity index (χ0v) is 17.9. The van der Waals surface area contributed by atoms with Gasteiger partial charge in [-0.25, -0.2) is 9.37 Å². The Morgan fingerprint density at radius 1 is 1.39 bits per heavy atom. The van der Waals surface area contributed by atoms with Gasteiger partial charge in [0, 0.05) is 29.6 Å². The highest BCUT2D eigenvalue weighted by Gasteiger charge is 2.23. The highest BCUT2D eigenvalue weighted by molar-refractivity contribution is 5.73. The first-order valence-corrected chi connectivity index (χ1v) is 10.1. The first kappa shape index (κ1) is 22.4. The van der Waals surface area contributed by atoms with Crippen LogP contribution in [0.4, 0.5) is 10.1 Å². The van der Waals surface area contributed by atoms with E-state index in [1.165, 1.54) is 6.07 Å². The quantitative estimate of drug-likeness (QED) is 0.384. The zero-order chi connectivity index (χ0) is 22.4. The third-order valence-corrected chi connectivity index (χ3v) is 4.80. The van der Waals surface area contributed by atoms with Crippen LogP contribution in [0.25, 0.3) is 11.3 Å². The fraction of sp³-hybridized carbons (Fsp3) is 0.304. The lowest BCUT2D eigenvalue weighted by Crippen LogP contribution is -2.47. The van der Waals surface area contributed by atoms with Crippen molar-refractivity contribution in [3.63, 3.8) is 0 Å². The maximum atomic E-state index is 14.9. The molecule has 3 unspecified atom stereocenters. The lowest BCUT2D eigenvalue weighted by Gasteiger charge is -2.29. The van der Waals surface area contributed by atoms with Crippen LogP contribution in [0, 0.1) is 18.7 Å². The summed E-state index contributed by atoms with van der Waals surface area (Å²) in [5.41, 5.74) is 6.75. The van der Waals surface area contributed by atoms with Gasteiger partial charge in [0.1, 0.15) is 12.0 Å². The van der Waals surface area contributed by atoms with Crippen LogP contribution in [0.15, 0.2) is 65.4 Å². The van der Waals surface area contributed by atoms with E-state index < -0.39 is 18.3 Å². The van der Waals surface area contributed by atoms with Gasteiger partial charge in [-0.15, -0.1) is 5.73 Å². The normalized spacial score (nSPS) is 17.2. The second-order valence-electron chi connectivity index (χ2n) is 7.23. The van der Waals surface area contributed by atoms with Crippen molar-refractivity contribution < 1.29 is 9.50 Å². The molecule has 1 aromatic heterocycles. The lowest BCUT2D eigenvalue weighted by molar-refractivity contribution is 0.136. The number of aliphatic hydroxyl groups is 1. The van der Waals surface area contributed by atoms with Gasteiger partial charge in [0.05, 0.1) is 29.0 Å². The summed E-state index contributed by atoms with van der Waals surface area (Å²) in [5, 5.41) is 18.8. The second-order valence-corrected chi connectivity index (χ2v) is 7.23. The van der Waals surface area contributed by atoms with Crippen molar-refractivity contribution in [3.8, 4) is 11.3 Å². The van der Waals surface area contributed by atoms with E-state index in [-0.39, 0.29) is 5.92 Å². The molecule has 0 amide bonds. The Hall–Kier alpha value is -3.32. The third-order valence-electron chi connectivity index (χ3n) is 4.80. The standard InChI is InChI=1S/C23H27FN6O/c1-5-17(20-9-10-26-23(30-20)28-15(4)31)19(6-2)29-21-8-7-16(11-18(21)24)22-13-25-12-14(3)27-22/h7-13,15,17,23,28-31H,2,5H2,1,3-4H3. The number of aryl methyl sites for hydroxylation is 1. The summed E-state index contributed by atoms with van der Waals surface area (Å²) in [4.78, 5) is 12.8. The first-order valence-electron chi connectivity index (χ1n) is 10.1. The molecule has 1 aromatic carbocycles. The Morgan fingerprint density at radius 3 is 2.84 bits per heavy atom. The number of aliphatic imine (C=N–C) groups is 1. The molecule has 2 heterocycles. The fourth-order valence-corrected chi connectivity index (χ4v) is 3.34. The van der Waals surface area contributed by atoms with Crippen LogP contribution >= 0.6 is 0 Å². The van der Waals surface area contributed by atoms with Crippen LogP contribution in [0.2, 0.25) is 0 Å². The van der Waals surface area contributed by atoms with E-state index in [1.807, 2.05) is 19.9 Å². The van der Waals surface area contributed by atoms with Gasteiger partial charge in [0.15, 0.2) is 6.29 Å². The average molecular weight is 423 g/mol. The Bertz CT molecular complexity index is 1040. The molecule has 162 valence electrons. The smallest absolute Gasteiger partial charge is 0.175 e. The number of hydrogen-bond donors (Lipinski definition) is 4. The van der Waals surface area contributed by atoms with Crippen molar-refractivity contribution >= 4 is 11.9 Å². The number of aliphatic hydroxyl groups excluding tert-OH is 1. The SMILES string of the molecule is C=C=C(Nc1ccc(-c2cncc(C)n2)cc1F)C(CC)C1=CC=NC(NC(C)O)N1. The zero-order valence-electron chi connectivity index (χ0n) is 17.9. The largest absolute Gasteiger partial charge is 0.379 e. The number of nitrogens with one attached hydrogen (secondary N) is 3. The lowest BCUT2D eigenvalue weighted by atomic mass is 9.97. The molecule has 7 nitrogen and oxygen atoms in total. The van der Waals surface area contributed by atoms with E-state index in [0.717, 1.165) is 17.8 Å². The van der Waals surface area contributed by atoms with Crippen LogP contribution in [-0.4, -0.2) is 33.8 Å². The Kier molecular flexibility index (Phi) is 7.31. The summed E-state index contributed by atoms with van der Waals surface area (Å²) < 4.78 is 14.9. The van der Waals surface area contributed by atoms with E-state index in [1.54, 1.807) is 37.7 Å². The molecule has 4 N–H and O–H groups in total. The summed E-state index contributed by atoms with van der Waals surface area (Å²) in [6, 6.07) is 4.89. The molecule has 0 radical (unpaired) electrons. The van der Waals surface area contributed by atoms with Crippen LogP contribution in [0.5, 0.6) is 0 Å². The van der Waals surface area contributed by atoms with E-state index in [2.05, 4.69) is 43.2 Å². The molecule has 8 heteroatoms. The van der Waals surface area contributed by atoms with Crippen LogP contribution in [0.1, 0.15) is 26.0 Å². The number of aromatic nitrogens is 2. The number of nitrogens with zero attached hydrogens (tertiary/aromatic N) is 3. The van der Waals surface area contributed by atoms with Crippen molar-refractivity contribution in [3.05, 3.63) is 71.9 Å². The van der Waals surface area contributed by atoms with E-state index in [9.17, 15) is 9.50 Å². The number of hydrogen-bond acceptors (Lipinski definition) is 7. The van der Waals surface area contributed by atoms with Crippen molar-refractivity contribution in [2.75, 3.05) is 5.32 Å². The molecule has 0 spiro atoms. The topological polar surface area (TPSA) is 94.5 Å². The summed E-state index contributed by atoms with van der Waals surface area (Å²) in [6.45, 7) is 9.27. The molecule has 0 saturated carbocycles. The molecule has 31 heavy (non-hydrogen) atoms. The van der Waals surface area contributed by atoms with Crippen molar-refractivity contribution in [2.45, 2.75) is 39.7 Å². The van der Waals surface area contributed by atoms with Gasteiger partial charge < -0.3 is 15.7 Å². The van der Waals surface area contributed by atoms with Crippen molar-refractivity contribution in [2.24, 2.45) is 10.9 Å². The Balaban J connectivity index is 1.79. The van der Waals surface area contributed by atoms with Gasteiger partial charge in [-0.1, -0.05) is 19.6 Å². The molecule has 1 aliphatic heterocycles. The first-order chi connectivity index (χ1) is 14.9. The minimum absolute atomic E-state index is 0.135. The molecular weight excluding hydrogens is 395 g/mol. The maximum absolute atomic E-state index is 14.9. The molecule has 0 aliphatic carbocycles. The van der Waals surface area contributed by atoms with Crippen molar-refractivity contribution in [1.82, 2.24) is 20.6 Å². The summed E-state index contributed by atoms with van der Waals surface area (Å²) in [5.74, 6) is -0.548. The van der Waals surface area contributed by atoms with Gasteiger partial charge in [-0.2, -0.15) is 0 Å². The number of anilines is 1. The van der Waals surface area contributed by atoms with Crippen LogP contribution in [-0.2, 0) is 0 Å². The number of rotatable bonds is 8. The number of allylic oxidation sites excluding steroid dienone is 1. The summed E-state index contributed by atoms with van der Waals surface area (Å²) in [7, 11) is 0. The fourth-order valence-electron chi connectivity index (χ4n) is 3.34. The number of halogens is 1. The molecule has 0 fully saturated rings. The summed E-state index contributed by atoms with van der Waals surface area (Å²) >= 11 is 0. The molecule has 1 aliphatic rings. The monoisotopic (exact) mass is 422 g/mol. The predicted molar refractivity (Wildman–Crippen MR) is 121 cm³/mol. The van der Waals surface area contributed by atoms with Gasteiger partial charge in [-0.3, -0.25) is 15.3 Å². The van der Waals surface area contributed by atoms with Gasteiger partial charge in [0.2, 0.25) is 0 Å². The third kappa shape index (κ3) is 5.64. The highest BCUT2D eigenvalue weighted by atomic mass is 19.1. The minimum atomic E-state index is -0.715.